The third-order valence-electron chi connectivity index (χ3n) is 3.36. The molecule has 0 aliphatic carbocycles. The number of aryl methyl sites for hydroxylation is 1. The highest BCUT2D eigenvalue weighted by molar-refractivity contribution is 5.22. The van der Waals surface area contributed by atoms with Gasteiger partial charge in [-0.25, -0.2) is 0 Å². The SMILES string of the molecule is CCCc1ccc(CN(C)CC(C)(C)NC)cc1. The molecule has 0 unspecified atom stereocenters. The minimum Gasteiger partial charge on any atom is -0.314 e. The van der Waals surface area contributed by atoms with Crippen LogP contribution in [0.4, 0.5) is 0 Å². The van der Waals surface area contributed by atoms with E-state index in [0.29, 0.717) is 0 Å². The highest BCUT2D eigenvalue weighted by Gasteiger charge is 2.17. The van der Waals surface area contributed by atoms with Crippen molar-refractivity contribution in [3.8, 4) is 0 Å². The molecule has 0 fully saturated rings. The van der Waals surface area contributed by atoms with Gasteiger partial charge in [0.2, 0.25) is 0 Å². The molecule has 0 aromatic heterocycles. The molecule has 0 aliphatic heterocycles. The van der Waals surface area contributed by atoms with Crippen molar-refractivity contribution in [2.24, 2.45) is 0 Å². The topological polar surface area (TPSA) is 15.3 Å². The van der Waals surface area contributed by atoms with Crippen LogP contribution in [0, 0.1) is 0 Å². The molecule has 0 amide bonds. The first kappa shape index (κ1) is 15.2. The zero-order valence-electron chi connectivity index (χ0n) is 12.6. The number of hydrogen-bond acceptors (Lipinski definition) is 2. The molecule has 0 saturated heterocycles. The fourth-order valence-electron chi connectivity index (χ4n) is 2.22. The summed E-state index contributed by atoms with van der Waals surface area (Å²) in [5, 5.41) is 3.34. The fraction of sp³-hybridized carbons (Fsp3) is 0.625. The normalized spacial score (nSPS) is 12.1. The molecule has 0 bridgehead atoms. The molecule has 2 nitrogen and oxygen atoms in total. The molecule has 18 heavy (non-hydrogen) atoms. The maximum atomic E-state index is 3.34. The molecule has 0 atom stereocenters. The average Bonchev–Trinajstić information content (AvgIpc) is 2.31. The lowest BCUT2D eigenvalue weighted by Crippen LogP contribution is -2.46. The summed E-state index contributed by atoms with van der Waals surface area (Å²) >= 11 is 0. The summed E-state index contributed by atoms with van der Waals surface area (Å²) in [4.78, 5) is 2.37. The van der Waals surface area contributed by atoms with E-state index in [1.165, 1.54) is 24.0 Å². The van der Waals surface area contributed by atoms with Crippen molar-refractivity contribution in [2.75, 3.05) is 20.6 Å². The van der Waals surface area contributed by atoms with E-state index in [4.69, 9.17) is 0 Å². The van der Waals surface area contributed by atoms with Crippen LogP contribution in [0.15, 0.2) is 24.3 Å². The molecule has 0 spiro atoms. The Balaban J connectivity index is 2.51. The first-order valence-corrected chi connectivity index (χ1v) is 6.92. The summed E-state index contributed by atoms with van der Waals surface area (Å²) in [7, 11) is 4.20. The number of rotatable bonds is 7. The lowest BCUT2D eigenvalue weighted by atomic mass is 10.0. The van der Waals surface area contributed by atoms with Crippen molar-refractivity contribution < 1.29 is 0 Å². The van der Waals surface area contributed by atoms with Gasteiger partial charge in [-0.1, -0.05) is 37.6 Å². The van der Waals surface area contributed by atoms with Gasteiger partial charge in [0, 0.05) is 18.6 Å². The fourth-order valence-corrected chi connectivity index (χ4v) is 2.22. The van der Waals surface area contributed by atoms with Gasteiger partial charge in [-0.3, -0.25) is 0 Å². The van der Waals surface area contributed by atoms with Gasteiger partial charge in [0.25, 0.3) is 0 Å². The van der Waals surface area contributed by atoms with Crippen molar-refractivity contribution in [1.82, 2.24) is 10.2 Å². The number of likely N-dealkylation sites (N-methyl/N-ethyl adjacent to an activating group) is 2. The molecule has 0 heterocycles. The molecular formula is C16H28N2. The lowest BCUT2D eigenvalue weighted by molar-refractivity contribution is 0.238. The maximum Gasteiger partial charge on any atom is 0.0249 e. The van der Waals surface area contributed by atoms with Gasteiger partial charge in [-0.15, -0.1) is 0 Å². The van der Waals surface area contributed by atoms with Crippen LogP contribution in [0.3, 0.4) is 0 Å². The molecule has 2 heteroatoms. The van der Waals surface area contributed by atoms with Crippen molar-refractivity contribution in [1.29, 1.82) is 0 Å². The summed E-state index contributed by atoms with van der Waals surface area (Å²) < 4.78 is 0. The first-order valence-electron chi connectivity index (χ1n) is 6.92. The van der Waals surface area contributed by atoms with Crippen molar-refractivity contribution in [3.05, 3.63) is 35.4 Å². The van der Waals surface area contributed by atoms with E-state index in [1.54, 1.807) is 0 Å². The highest BCUT2D eigenvalue weighted by atomic mass is 15.1. The second-order valence-electron chi connectivity index (χ2n) is 5.87. The molecule has 0 saturated carbocycles. The summed E-state index contributed by atoms with van der Waals surface area (Å²) in [6.45, 7) is 8.74. The van der Waals surface area contributed by atoms with Crippen LogP contribution in [-0.2, 0) is 13.0 Å². The number of nitrogens with one attached hydrogen (secondary N) is 1. The second-order valence-corrected chi connectivity index (χ2v) is 5.87. The standard InChI is InChI=1S/C16H28N2/c1-6-7-14-8-10-15(11-9-14)12-18(5)13-16(2,3)17-4/h8-11,17H,6-7,12-13H2,1-5H3. The molecule has 102 valence electrons. The quantitative estimate of drug-likeness (QED) is 0.798. The predicted molar refractivity (Wildman–Crippen MR) is 79.9 cm³/mol. The summed E-state index contributed by atoms with van der Waals surface area (Å²) in [6, 6.07) is 9.04. The van der Waals surface area contributed by atoms with E-state index < -0.39 is 0 Å². The van der Waals surface area contributed by atoms with Crippen LogP contribution in [0.1, 0.15) is 38.3 Å². The van der Waals surface area contributed by atoms with Gasteiger partial charge in [0.05, 0.1) is 0 Å². The third-order valence-corrected chi connectivity index (χ3v) is 3.36. The van der Waals surface area contributed by atoms with Crippen molar-refractivity contribution >= 4 is 0 Å². The Morgan fingerprint density at radius 2 is 1.67 bits per heavy atom. The number of nitrogens with zero attached hydrogens (tertiary/aromatic N) is 1. The van der Waals surface area contributed by atoms with Gasteiger partial charge >= 0.3 is 0 Å². The number of benzene rings is 1. The van der Waals surface area contributed by atoms with Crippen LogP contribution < -0.4 is 5.32 Å². The van der Waals surface area contributed by atoms with Crippen LogP contribution >= 0.6 is 0 Å². The second kappa shape index (κ2) is 6.91. The van der Waals surface area contributed by atoms with E-state index in [-0.39, 0.29) is 5.54 Å². The van der Waals surface area contributed by atoms with E-state index in [1.807, 2.05) is 7.05 Å². The van der Waals surface area contributed by atoms with Crippen LogP contribution in [0.2, 0.25) is 0 Å². The molecule has 1 aromatic carbocycles. The van der Waals surface area contributed by atoms with Gasteiger partial charge in [0.1, 0.15) is 0 Å². The zero-order valence-corrected chi connectivity index (χ0v) is 12.6. The Morgan fingerprint density at radius 3 is 2.17 bits per heavy atom. The minimum atomic E-state index is 0.164. The molecule has 0 radical (unpaired) electrons. The Morgan fingerprint density at radius 1 is 1.11 bits per heavy atom. The van der Waals surface area contributed by atoms with E-state index in [0.717, 1.165) is 13.1 Å². The monoisotopic (exact) mass is 248 g/mol. The predicted octanol–water partition coefficient (Wildman–Crippen LogP) is 3.07. The van der Waals surface area contributed by atoms with E-state index in [2.05, 4.69) is 62.3 Å². The molecule has 1 aromatic rings. The molecule has 0 aliphatic rings. The van der Waals surface area contributed by atoms with Crippen LogP contribution in [-0.4, -0.2) is 31.1 Å². The van der Waals surface area contributed by atoms with Crippen LogP contribution in [0.25, 0.3) is 0 Å². The molecule has 1 N–H and O–H groups in total. The average molecular weight is 248 g/mol. The maximum absolute atomic E-state index is 3.34. The van der Waals surface area contributed by atoms with Gasteiger partial charge in [0.15, 0.2) is 0 Å². The Bertz CT molecular complexity index is 341. The minimum absolute atomic E-state index is 0.164. The Labute approximate surface area is 112 Å². The Kier molecular flexibility index (Phi) is 5.83. The van der Waals surface area contributed by atoms with Gasteiger partial charge in [-0.05, 0) is 45.5 Å². The molecule has 1 rings (SSSR count). The third kappa shape index (κ3) is 5.19. The molecular weight excluding hydrogens is 220 g/mol. The summed E-state index contributed by atoms with van der Waals surface area (Å²) in [5.41, 5.74) is 3.00. The van der Waals surface area contributed by atoms with E-state index in [9.17, 15) is 0 Å². The van der Waals surface area contributed by atoms with E-state index >= 15 is 0 Å². The van der Waals surface area contributed by atoms with Crippen molar-refractivity contribution in [3.63, 3.8) is 0 Å². The summed E-state index contributed by atoms with van der Waals surface area (Å²) in [6.07, 6.45) is 2.40. The van der Waals surface area contributed by atoms with Crippen molar-refractivity contribution in [2.45, 2.75) is 45.7 Å². The first-order chi connectivity index (χ1) is 8.46. The summed E-state index contributed by atoms with van der Waals surface area (Å²) in [5.74, 6) is 0. The van der Waals surface area contributed by atoms with Gasteiger partial charge in [-0.2, -0.15) is 0 Å². The smallest absolute Gasteiger partial charge is 0.0249 e. The number of hydrogen-bond donors (Lipinski definition) is 1. The highest BCUT2D eigenvalue weighted by Crippen LogP contribution is 2.10. The zero-order chi connectivity index (χ0) is 13.6. The van der Waals surface area contributed by atoms with Crippen LogP contribution in [0.5, 0.6) is 0 Å². The Hall–Kier alpha value is -0.860. The van der Waals surface area contributed by atoms with Gasteiger partial charge < -0.3 is 10.2 Å². The largest absolute Gasteiger partial charge is 0.314 e. The lowest BCUT2D eigenvalue weighted by Gasteiger charge is -2.30.